The molecule has 2 aromatic rings. The van der Waals surface area contributed by atoms with E-state index < -0.39 is 16.1 Å². The zero-order chi connectivity index (χ0) is 15.6. The molecule has 0 aliphatic carbocycles. The lowest BCUT2D eigenvalue weighted by Gasteiger charge is -2.15. The molecule has 0 saturated heterocycles. The van der Waals surface area contributed by atoms with E-state index in [-0.39, 0.29) is 10.6 Å². The van der Waals surface area contributed by atoms with Gasteiger partial charge in [0.05, 0.1) is 13.2 Å². The molecule has 1 aromatic heterocycles. The first-order valence-corrected chi connectivity index (χ1v) is 9.05. The van der Waals surface area contributed by atoms with Crippen molar-refractivity contribution >= 4 is 43.0 Å². The number of nitrogens with two attached hydrogens (primary N) is 1. The molecule has 1 atom stereocenters. The van der Waals surface area contributed by atoms with Gasteiger partial charge < -0.3 is 10.5 Å². The van der Waals surface area contributed by atoms with E-state index in [9.17, 15) is 8.42 Å². The summed E-state index contributed by atoms with van der Waals surface area (Å²) in [6.07, 6.45) is 1.63. The number of nitrogen functional groups attached to an aromatic ring is 1. The number of halogens is 1. The van der Waals surface area contributed by atoms with Crippen LogP contribution in [-0.2, 0) is 10.0 Å². The van der Waals surface area contributed by atoms with Crippen molar-refractivity contribution in [3.63, 3.8) is 0 Å². The average molecular weight is 392 g/mol. The van der Waals surface area contributed by atoms with Gasteiger partial charge >= 0.3 is 0 Å². The SMILES string of the molecule is COc1cc(Br)c(N)cc1S(=O)(=O)NC(C)c1nccs1. The van der Waals surface area contributed by atoms with E-state index in [1.165, 1.54) is 30.6 Å². The van der Waals surface area contributed by atoms with Crippen LogP contribution in [-0.4, -0.2) is 20.5 Å². The van der Waals surface area contributed by atoms with E-state index in [0.717, 1.165) is 0 Å². The van der Waals surface area contributed by atoms with Crippen molar-refractivity contribution < 1.29 is 13.2 Å². The van der Waals surface area contributed by atoms with Crippen LogP contribution in [0.5, 0.6) is 5.75 Å². The molecule has 0 aliphatic rings. The summed E-state index contributed by atoms with van der Waals surface area (Å²) in [6, 6.07) is 2.45. The summed E-state index contributed by atoms with van der Waals surface area (Å²) in [5.74, 6) is 0.218. The molecular formula is C12H14BrN3O3S2. The Kier molecular flexibility index (Phi) is 4.87. The largest absolute Gasteiger partial charge is 0.495 e. The van der Waals surface area contributed by atoms with Gasteiger partial charge in [0.2, 0.25) is 10.0 Å². The molecule has 0 bridgehead atoms. The van der Waals surface area contributed by atoms with Crippen molar-refractivity contribution in [3.8, 4) is 5.75 Å². The molecule has 0 aliphatic heterocycles. The number of aromatic nitrogens is 1. The third-order valence-electron chi connectivity index (χ3n) is 2.73. The van der Waals surface area contributed by atoms with Gasteiger partial charge in [0.1, 0.15) is 15.7 Å². The van der Waals surface area contributed by atoms with Crippen molar-refractivity contribution in [3.05, 3.63) is 33.2 Å². The summed E-state index contributed by atoms with van der Waals surface area (Å²) in [6.45, 7) is 1.73. The van der Waals surface area contributed by atoms with Gasteiger partial charge in [-0.3, -0.25) is 0 Å². The Morgan fingerprint density at radius 2 is 2.19 bits per heavy atom. The fourth-order valence-corrected chi connectivity index (χ4v) is 4.15. The van der Waals surface area contributed by atoms with Crippen LogP contribution >= 0.6 is 27.3 Å². The highest BCUT2D eigenvalue weighted by atomic mass is 79.9. The molecule has 9 heteroatoms. The number of hydrogen-bond acceptors (Lipinski definition) is 6. The molecule has 1 heterocycles. The number of nitrogens with zero attached hydrogens (tertiary/aromatic N) is 1. The second-order valence-corrected chi connectivity index (χ2v) is 7.70. The van der Waals surface area contributed by atoms with Gasteiger partial charge in [0.25, 0.3) is 0 Å². The van der Waals surface area contributed by atoms with Crippen LogP contribution in [0.2, 0.25) is 0 Å². The first kappa shape index (κ1) is 16.2. The first-order chi connectivity index (χ1) is 9.85. The predicted molar refractivity (Wildman–Crippen MR) is 86.0 cm³/mol. The number of rotatable bonds is 5. The zero-order valence-corrected chi connectivity index (χ0v) is 14.5. The van der Waals surface area contributed by atoms with Crippen molar-refractivity contribution in [2.24, 2.45) is 0 Å². The number of nitrogens with one attached hydrogen (secondary N) is 1. The van der Waals surface area contributed by atoms with Gasteiger partial charge in [-0.25, -0.2) is 18.1 Å². The fourth-order valence-electron chi connectivity index (χ4n) is 1.72. The summed E-state index contributed by atoms with van der Waals surface area (Å²) in [5, 5.41) is 2.47. The van der Waals surface area contributed by atoms with Gasteiger partial charge in [-0.05, 0) is 35.0 Å². The van der Waals surface area contributed by atoms with E-state index in [1.807, 2.05) is 0 Å². The molecule has 0 saturated carbocycles. The lowest BCUT2D eigenvalue weighted by Crippen LogP contribution is -2.27. The van der Waals surface area contributed by atoms with E-state index in [0.29, 0.717) is 15.2 Å². The number of sulfonamides is 1. The Balaban J connectivity index is 2.38. The molecule has 3 N–H and O–H groups in total. The molecule has 6 nitrogen and oxygen atoms in total. The van der Waals surface area contributed by atoms with Crippen LogP contribution in [0.4, 0.5) is 5.69 Å². The minimum absolute atomic E-state index is 0.00546. The summed E-state index contributed by atoms with van der Waals surface area (Å²) >= 11 is 4.62. The lowest BCUT2D eigenvalue weighted by atomic mass is 10.3. The van der Waals surface area contributed by atoms with Gasteiger partial charge in [-0.1, -0.05) is 0 Å². The normalized spacial score (nSPS) is 13.1. The van der Waals surface area contributed by atoms with E-state index in [4.69, 9.17) is 10.5 Å². The van der Waals surface area contributed by atoms with Gasteiger partial charge in [0, 0.05) is 21.7 Å². The summed E-state index contributed by atoms with van der Waals surface area (Å²) in [7, 11) is -2.37. The number of thiazole rings is 1. The fraction of sp³-hybridized carbons (Fsp3) is 0.250. The van der Waals surface area contributed by atoms with Crippen LogP contribution < -0.4 is 15.2 Å². The van der Waals surface area contributed by atoms with Crippen LogP contribution in [0.25, 0.3) is 0 Å². The van der Waals surface area contributed by atoms with E-state index in [2.05, 4.69) is 25.6 Å². The minimum Gasteiger partial charge on any atom is -0.495 e. The highest BCUT2D eigenvalue weighted by Gasteiger charge is 2.24. The average Bonchev–Trinajstić information content (AvgIpc) is 2.94. The maximum absolute atomic E-state index is 12.5. The molecular weight excluding hydrogens is 378 g/mol. The van der Waals surface area contributed by atoms with Crippen molar-refractivity contribution in [2.45, 2.75) is 17.9 Å². The topological polar surface area (TPSA) is 94.3 Å². The standard InChI is InChI=1S/C12H14BrN3O3S2/c1-7(12-15-3-4-20-12)16-21(17,18)11-6-9(14)8(13)5-10(11)19-2/h3-7,16H,14H2,1-2H3. The van der Waals surface area contributed by atoms with Crippen molar-refractivity contribution in [1.82, 2.24) is 9.71 Å². The summed E-state index contributed by atoms with van der Waals surface area (Å²) in [5.41, 5.74) is 6.08. The smallest absolute Gasteiger partial charge is 0.244 e. The lowest BCUT2D eigenvalue weighted by molar-refractivity contribution is 0.402. The van der Waals surface area contributed by atoms with Gasteiger partial charge in [0.15, 0.2) is 0 Å². The monoisotopic (exact) mass is 391 g/mol. The molecule has 0 amide bonds. The van der Waals surface area contributed by atoms with Crippen molar-refractivity contribution in [1.29, 1.82) is 0 Å². The Bertz CT molecular complexity index is 732. The molecule has 114 valence electrons. The van der Waals surface area contributed by atoms with E-state index >= 15 is 0 Å². The molecule has 1 unspecified atom stereocenters. The molecule has 0 spiro atoms. The van der Waals surface area contributed by atoms with Crippen LogP contribution in [0.3, 0.4) is 0 Å². The van der Waals surface area contributed by atoms with Gasteiger partial charge in [-0.15, -0.1) is 11.3 Å². The molecule has 21 heavy (non-hydrogen) atoms. The van der Waals surface area contributed by atoms with E-state index in [1.54, 1.807) is 18.5 Å². The van der Waals surface area contributed by atoms with Gasteiger partial charge in [-0.2, -0.15) is 0 Å². The highest BCUT2D eigenvalue weighted by molar-refractivity contribution is 9.10. The van der Waals surface area contributed by atoms with Crippen LogP contribution in [0.15, 0.2) is 33.1 Å². The second kappa shape index (κ2) is 6.30. The third-order valence-corrected chi connectivity index (χ3v) is 5.93. The zero-order valence-electron chi connectivity index (χ0n) is 11.3. The number of hydrogen-bond donors (Lipinski definition) is 2. The maximum Gasteiger partial charge on any atom is 0.244 e. The quantitative estimate of drug-likeness (QED) is 0.763. The van der Waals surface area contributed by atoms with Crippen LogP contribution in [0, 0.1) is 0 Å². The molecule has 2 rings (SSSR count). The number of benzene rings is 1. The number of anilines is 1. The predicted octanol–water partition coefficient (Wildman–Crippen LogP) is 2.54. The van der Waals surface area contributed by atoms with Crippen molar-refractivity contribution in [2.75, 3.05) is 12.8 Å². The second-order valence-electron chi connectivity index (χ2n) is 4.24. The summed E-state index contributed by atoms with van der Waals surface area (Å²) < 4.78 is 33.3. The van der Waals surface area contributed by atoms with Crippen LogP contribution in [0.1, 0.15) is 18.0 Å². The third kappa shape index (κ3) is 3.54. The number of ether oxygens (including phenoxy) is 1. The minimum atomic E-state index is -3.78. The summed E-state index contributed by atoms with van der Waals surface area (Å²) in [4.78, 5) is 4.09. The Morgan fingerprint density at radius 3 is 2.76 bits per heavy atom. The molecule has 0 fully saturated rings. The Labute approximate surface area is 135 Å². The maximum atomic E-state index is 12.5. The molecule has 0 radical (unpaired) electrons. The first-order valence-electron chi connectivity index (χ1n) is 5.90. The Morgan fingerprint density at radius 1 is 1.48 bits per heavy atom. The Hall–Kier alpha value is -1.16. The number of methoxy groups -OCH3 is 1. The highest BCUT2D eigenvalue weighted by Crippen LogP contribution is 2.33. The molecule has 1 aromatic carbocycles.